The lowest BCUT2D eigenvalue weighted by molar-refractivity contribution is -0.137. The Labute approximate surface area is 124 Å². The molecule has 2 rings (SSSR count). The highest BCUT2D eigenvalue weighted by atomic mass is 16.3. The molecule has 5 nitrogen and oxygen atoms in total. The van der Waals surface area contributed by atoms with E-state index in [-0.39, 0.29) is 6.54 Å². The Morgan fingerprint density at radius 2 is 1.71 bits per heavy atom. The first kappa shape index (κ1) is 15.5. The molecule has 1 aliphatic carbocycles. The number of carbonyl (C=O) groups excluding carboxylic acids is 2. The number of hydrogen-bond donors (Lipinski definition) is 3. The highest BCUT2D eigenvalue weighted by Gasteiger charge is 2.30. The summed E-state index contributed by atoms with van der Waals surface area (Å²) in [6, 6.07) is 7.21. The summed E-state index contributed by atoms with van der Waals surface area (Å²) < 4.78 is 0. The molecule has 0 saturated heterocycles. The third-order valence-electron chi connectivity index (χ3n) is 3.88. The number of carbonyl (C=O) groups is 2. The Hall–Kier alpha value is -1.88. The van der Waals surface area contributed by atoms with Gasteiger partial charge in [-0.15, -0.1) is 0 Å². The van der Waals surface area contributed by atoms with Crippen molar-refractivity contribution in [3.05, 3.63) is 29.8 Å². The second kappa shape index (κ2) is 6.72. The topological polar surface area (TPSA) is 78.4 Å². The van der Waals surface area contributed by atoms with Crippen molar-refractivity contribution < 1.29 is 14.7 Å². The van der Waals surface area contributed by atoms with E-state index in [2.05, 4.69) is 10.6 Å². The van der Waals surface area contributed by atoms with Crippen LogP contribution in [0.1, 0.15) is 37.7 Å². The van der Waals surface area contributed by atoms with Crippen LogP contribution in [0.25, 0.3) is 0 Å². The minimum absolute atomic E-state index is 0.132. The van der Waals surface area contributed by atoms with E-state index in [0.717, 1.165) is 24.8 Å². The van der Waals surface area contributed by atoms with Gasteiger partial charge in [-0.05, 0) is 31.9 Å². The van der Waals surface area contributed by atoms with E-state index in [1.807, 2.05) is 19.1 Å². The van der Waals surface area contributed by atoms with Gasteiger partial charge < -0.3 is 15.7 Å². The minimum Gasteiger partial charge on any atom is -0.388 e. The largest absolute Gasteiger partial charge is 0.388 e. The minimum atomic E-state index is -0.863. The Kier molecular flexibility index (Phi) is 4.96. The fraction of sp³-hybridized carbons (Fsp3) is 0.500. The summed E-state index contributed by atoms with van der Waals surface area (Å²) in [5, 5.41) is 15.3. The van der Waals surface area contributed by atoms with Crippen molar-refractivity contribution in [1.29, 1.82) is 0 Å². The summed E-state index contributed by atoms with van der Waals surface area (Å²) in [6.07, 6.45) is 4.38. The Morgan fingerprint density at radius 1 is 1.10 bits per heavy atom. The summed E-state index contributed by atoms with van der Waals surface area (Å²) in [5.74, 6) is -1.42. The molecule has 1 aromatic rings. The molecule has 0 atom stereocenters. The van der Waals surface area contributed by atoms with Crippen LogP contribution in [0.2, 0.25) is 0 Å². The first-order valence-electron chi connectivity index (χ1n) is 7.37. The van der Waals surface area contributed by atoms with Gasteiger partial charge in [0.15, 0.2) is 0 Å². The Balaban J connectivity index is 1.82. The lowest BCUT2D eigenvalue weighted by Crippen LogP contribution is -2.47. The molecule has 2 amide bonds. The summed E-state index contributed by atoms with van der Waals surface area (Å²) in [4.78, 5) is 23.5. The van der Waals surface area contributed by atoms with Crippen molar-refractivity contribution in [3.8, 4) is 0 Å². The van der Waals surface area contributed by atoms with Crippen LogP contribution in [-0.4, -0.2) is 29.1 Å². The zero-order valence-electron chi connectivity index (χ0n) is 12.3. The van der Waals surface area contributed by atoms with E-state index < -0.39 is 17.4 Å². The molecular formula is C16H22N2O3. The SMILES string of the molecule is Cc1ccc(NC(=O)C(=O)NCC2(O)CCCCC2)cc1. The number of benzene rings is 1. The molecule has 21 heavy (non-hydrogen) atoms. The number of hydrogen-bond acceptors (Lipinski definition) is 3. The molecule has 1 aromatic carbocycles. The summed E-state index contributed by atoms with van der Waals surface area (Å²) in [5.41, 5.74) is 0.798. The summed E-state index contributed by atoms with van der Waals surface area (Å²) in [6.45, 7) is 2.08. The fourth-order valence-electron chi connectivity index (χ4n) is 2.54. The first-order chi connectivity index (χ1) is 9.98. The second-order valence-electron chi connectivity index (χ2n) is 5.79. The van der Waals surface area contributed by atoms with Gasteiger partial charge in [-0.3, -0.25) is 9.59 Å². The fourth-order valence-corrected chi connectivity index (χ4v) is 2.54. The molecule has 114 valence electrons. The normalized spacial score (nSPS) is 17.0. The van der Waals surface area contributed by atoms with E-state index in [1.54, 1.807) is 12.1 Å². The molecule has 0 bridgehead atoms. The molecule has 0 spiro atoms. The van der Waals surface area contributed by atoms with Gasteiger partial charge in [0.25, 0.3) is 0 Å². The molecule has 0 radical (unpaired) electrons. The van der Waals surface area contributed by atoms with E-state index >= 15 is 0 Å². The quantitative estimate of drug-likeness (QED) is 0.742. The van der Waals surface area contributed by atoms with E-state index in [4.69, 9.17) is 0 Å². The van der Waals surface area contributed by atoms with Crippen molar-refractivity contribution in [1.82, 2.24) is 5.32 Å². The first-order valence-corrected chi connectivity index (χ1v) is 7.37. The van der Waals surface area contributed by atoms with Crippen LogP contribution in [0.4, 0.5) is 5.69 Å². The predicted octanol–water partition coefficient (Wildman–Crippen LogP) is 1.74. The van der Waals surface area contributed by atoms with Crippen LogP contribution >= 0.6 is 0 Å². The van der Waals surface area contributed by atoms with Gasteiger partial charge in [-0.25, -0.2) is 0 Å². The highest BCUT2D eigenvalue weighted by molar-refractivity contribution is 6.39. The third-order valence-corrected chi connectivity index (χ3v) is 3.88. The van der Waals surface area contributed by atoms with Gasteiger partial charge in [0.1, 0.15) is 0 Å². The van der Waals surface area contributed by atoms with Gasteiger partial charge in [0, 0.05) is 12.2 Å². The summed E-state index contributed by atoms with van der Waals surface area (Å²) in [7, 11) is 0. The third kappa shape index (κ3) is 4.56. The van der Waals surface area contributed by atoms with E-state index in [0.29, 0.717) is 18.5 Å². The number of amides is 2. The number of anilines is 1. The van der Waals surface area contributed by atoms with Crippen LogP contribution in [-0.2, 0) is 9.59 Å². The smallest absolute Gasteiger partial charge is 0.313 e. The molecule has 3 N–H and O–H groups in total. The number of aryl methyl sites for hydroxylation is 1. The molecule has 0 heterocycles. The van der Waals surface area contributed by atoms with Crippen molar-refractivity contribution in [2.75, 3.05) is 11.9 Å². The van der Waals surface area contributed by atoms with Crippen LogP contribution in [0.3, 0.4) is 0 Å². The van der Waals surface area contributed by atoms with Gasteiger partial charge in [-0.1, -0.05) is 37.0 Å². The molecule has 0 aliphatic heterocycles. The highest BCUT2D eigenvalue weighted by Crippen LogP contribution is 2.27. The van der Waals surface area contributed by atoms with Crippen molar-refractivity contribution in [2.24, 2.45) is 0 Å². The maximum absolute atomic E-state index is 11.8. The van der Waals surface area contributed by atoms with Gasteiger partial charge >= 0.3 is 11.8 Å². The average Bonchev–Trinajstić information content (AvgIpc) is 2.48. The van der Waals surface area contributed by atoms with Crippen molar-refractivity contribution >= 4 is 17.5 Å². The molecule has 1 saturated carbocycles. The van der Waals surface area contributed by atoms with Crippen LogP contribution < -0.4 is 10.6 Å². The van der Waals surface area contributed by atoms with E-state index in [1.165, 1.54) is 0 Å². The van der Waals surface area contributed by atoms with Crippen molar-refractivity contribution in [2.45, 2.75) is 44.6 Å². The molecular weight excluding hydrogens is 268 g/mol. The Bertz CT molecular complexity index is 505. The maximum Gasteiger partial charge on any atom is 0.313 e. The number of nitrogens with one attached hydrogen (secondary N) is 2. The van der Waals surface area contributed by atoms with Gasteiger partial charge in [0.05, 0.1) is 5.60 Å². The Morgan fingerprint density at radius 3 is 2.33 bits per heavy atom. The molecule has 0 unspecified atom stereocenters. The van der Waals surface area contributed by atoms with E-state index in [9.17, 15) is 14.7 Å². The van der Waals surface area contributed by atoms with Crippen LogP contribution in [0.5, 0.6) is 0 Å². The predicted molar refractivity (Wildman–Crippen MR) is 80.9 cm³/mol. The molecule has 0 aromatic heterocycles. The number of aliphatic hydroxyl groups is 1. The lowest BCUT2D eigenvalue weighted by atomic mass is 9.85. The monoisotopic (exact) mass is 290 g/mol. The van der Waals surface area contributed by atoms with Crippen molar-refractivity contribution in [3.63, 3.8) is 0 Å². The average molecular weight is 290 g/mol. The van der Waals surface area contributed by atoms with Gasteiger partial charge in [0.2, 0.25) is 0 Å². The molecule has 1 fully saturated rings. The molecule has 5 heteroatoms. The second-order valence-corrected chi connectivity index (χ2v) is 5.79. The van der Waals surface area contributed by atoms with Gasteiger partial charge in [-0.2, -0.15) is 0 Å². The lowest BCUT2D eigenvalue weighted by Gasteiger charge is -2.31. The molecule has 1 aliphatic rings. The summed E-state index contributed by atoms with van der Waals surface area (Å²) >= 11 is 0. The van der Waals surface area contributed by atoms with Crippen LogP contribution in [0, 0.1) is 6.92 Å². The van der Waals surface area contributed by atoms with Crippen LogP contribution in [0.15, 0.2) is 24.3 Å². The standard InChI is InChI=1S/C16H22N2O3/c1-12-5-7-13(8-6-12)18-15(20)14(19)17-11-16(21)9-3-2-4-10-16/h5-8,21H,2-4,9-11H2,1H3,(H,17,19)(H,18,20). The zero-order chi connectivity index (χ0) is 15.3. The number of rotatable bonds is 3. The maximum atomic E-state index is 11.8. The zero-order valence-corrected chi connectivity index (χ0v) is 12.3.